The highest BCUT2D eigenvalue weighted by Crippen LogP contribution is 2.16. The summed E-state index contributed by atoms with van der Waals surface area (Å²) in [7, 11) is 0. The van der Waals surface area contributed by atoms with Crippen molar-refractivity contribution < 1.29 is 9.84 Å². The van der Waals surface area contributed by atoms with E-state index in [0.29, 0.717) is 5.75 Å². The molecule has 11 heavy (non-hydrogen) atoms. The number of benzene rings is 1. The zero-order valence-electron chi connectivity index (χ0n) is 6.12. The zero-order chi connectivity index (χ0) is 8.27. The fraction of sp³-hybridized carbons (Fsp3) is 0.250. The third-order valence-electron chi connectivity index (χ3n) is 1.12. The largest absolute Gasteiger partial charge is 0.465 e. The van der Waals surface area contributed by atoms with Crippen LogP contribution in [0.25, 0.3) is 0 Å². The van der Waals surface area contributed by atoms with Gasteiger partial charge in [0.05, 0.1) is 0 Å². The first-order chi connectivity index (χ1) is 5.18. The van der Waals surface area contributed by atoms with E-state index in [1.165, 1.54) is 0 Å². The van der Waals surface area contributed by atoms with Crippen LogP contribution in [-0.4, -0.2) is 11.4 Å². The van der Waals surface area contributed by atoms with Gasteiger partial charge in [-0.15, -0.1) is 0 Å². The number of aliphatic hydroxyl groups excluding tert-OH is 1. The Morgan fingerprint density at radius 2 is 1.91 bits per heavy atom. The molecule has 0 fully saturated rings. The van der Waals surface area contributed by atoms with Crippen LogP contribution in [0.2, 0.25) is 0 Å². The van der Waals surface area contributed by atoms with E-state index in [9.17, 15) is 0 Å². The van der Waals surface area contributed by atoms with E-state index in [-0.39, 0.29) is 0 Å². The van der Waals surface area contributed by atoms with Crippen molar-refractivity contribution in [2.24, 2.45) is 0 Å². The normalized spacial score (nSPS) is 12.6. The molecule has 0 aromatic heterocycles. The average molecular weight is 217 g/mol. The molecule has 0 saturated heterocycles. The van der Waals surface area contributed by atoms with E-state index in [1.807, 2.05) is 12.1 Å². The Morgan fingerprint density at radius 1 is 1.36 bits per heavy atom. The molecule has 1 aromatic carbocycles. The lowest BCUT2D eigenvalue weighted by Crippen LogP contribution is -2.09. The van der Waals surface area contributed by atoms with E-state index in [2.05, 4.69) is 15.9 Å². The number of aliphatic hydroxyl groups is 1. The number of ether oxygens (including phenoxy) is 1. The summed E-state index contributed by atoms with van der Waals surface area (Å²) in [5.74, 6) is 0.670. The Morgan fingerprint density at radius 3 is 2.36 bits per heavy atom. The summed E-state index contributed by atoms with van der Waals surface area (Å²) >= 11 is 3.29. The van der Waals surface area contributed by atoms with E-state index >= 15 is 0 Å². The van der Waals surface area contributed by atoms with Crippen LogP contribution in [0, 0.1) is 0 Å². The molecule has 60 valence electrons. The molecule has 2 nitrogen and oxygen atoms in total. The fourth-order valence-corrected chi connectivity index (χ4v) is 0.974. The van der Waals surface area contributed by atoms with Gasteiger partial charge in [-0.25, -0.2) is 0 Å². The van der Waals surface area contributed by atoms with Gasteiger partial charge in [-0.2, -0.15) is 0 Å². The SMILES string of the molecule is CC(O)Oc1ccc(Br)cc1. The van der Waals surface area contributed by atoms with Gasteiger partial charge >= 0.3 is 0 Å². The van der Waals surface area contributed by atoms with Crippen molar-refractivity contribution >= 4 is 15.9 Å². The van der Waals surface area contributed by atoms with E-state index in [0.717, 1.165) is 4.47 Å². The van der Waals surface area contributed by atoms with Gasteiger partial charge in [0.15, 0.2) is 6.29 Å². The summed E-state index contributed by atoms with van der Waals surface area (Å²) in [6.07, 6.45) is -0.754. The molecular weight excluding hydrogens is 208 g/mol. The van der Waals surface area contributed by atoms with Crippen molar-refractivity contribution in [2.75, 3.05) is 0 Å². The predicted octanol–water partition coefficient (Wildman–Crippen LogP) is 2.17. The first-order valence-electron chi connectivity index (χ1n) is 3.29. The van der Waals surface area contributed by atoms with Gasteiger partial charge in [-0.1, -0.05) is 15.9 Å². The van der Waals surface area contributed by atoms with Crippen LogP contribution < -0.4 is 4.74 Å². The lowest BCUT2D eigenvalue weighted by Gasteiger charge is -2.07. The maximum Gasteiger partial charge on any atom is 0.194 e. The minimum atomic E-state index is -0.754. The molecule has 1 rings (SSSR count). The number of hydrogen-bond donors (Lipinski definition) is 1. The molecule has 0 spiro atoms. The molecule has 1 atom stereocenters. The van der Waals surface area contributed by atoms with E-state index in [1.54, 1.807) is 19.1 Å². The summed E-state index contributed by atoms with van der Waals surface area (Å²) in [6, 6.07) is 7.29. The Labute approximate surface area is 73.9 Å². The summed E-state index contributed by atoms with van der Waals surface area (Å²) in [5, 5.41) is 8.84. The van der Waals surface area contributed by atoms with Gasteiger partial charge in [-0.05, 0) is 31.2 Å². The minimum Gasteiger partial charge on any atom is -0.465 e. The maximum atomic E-state index is 8.84. The van der Waals surface area contributed by atoms with Crippen molar-refractivity contribution in [2.45, 2.75) is 13.2 Å². The monoisotopic (exact) mass is 216 g/mol. The molecule has 3 heteroatoms. The lowest BCUT2D eigenvalue weighted by molar-refractivity contribution is -0.000297. The lowest BCUT2D eigenvalue weighted by atomic mass is 10.3. The second kappa shape index (κ2) is 3.74. The minimum absolute atomic E-state index is 0.670. The molecule has 0 amide bonds. The standard InChI is InChI=1S/C8H9BrO2/c1-6(10)11-8-4-2-7(9)3-5-8/h2-6,10H,1H3. The summed E-state index contributed by atoms with van der Waals surface area (Å²) in [5.41, 5.74) is 0. The van der Waals surface area contributed by atoms with Crippen LogP contribution in [0.15, 0.2) is 28.7 Å². The number of halogens is 1. The molecule has 0 bridgehead atoms. The predicted molar refractivity (Wildman–Crippen MR) is 46.5 cm³/mol. The van der Waals surface area contributed by atoms with Crippen LogP contribution in [0.4, 0.5) is 0 Å². The second-order valence-electron chi connectivity index (χ2n) is 2.17. The molecular formula is C8H9BrO2. The highest BCUT2D eigenvalue weighted by Gasteiger charge is 1.96. The van der Waals surface area contributed by atoms with Gasteiger partial charge in [0, 0.05) is 4.47 Å². The molecule has 0 aliphatic rings. The molecule has 1 aromatic rings. The Balaban J connectivity index is 2.66. The van der Waals surface area contributed by atoms with Crippen LogP contribution in [0.1, 0.15) is 6.92 Å². The van der Waals surface area contributed by atoms with Gasteiger partial charge in [0.1, 0.15) is 5.75 Å². The molecule has 1 N–H and O–H groups in total. The fourth-order valence-electron chi connectivity index (χ4n) is 0.710. The summed E-state index contributed by atoms with van der Waals surface area (Å²) in [4.78, 5) is 0. The van der Waals surface area contributed by atoms with Crippen LogP contribution >= 0.6 is 15.9 Å². The average Bonchev–Trinajstić information content (AvgIpc) is 1.93. The Hall–Kier alpha value is -0.540. The highest BCUT2D eigenvalue weighted by atomic mass is 79.9. The maximum absolute atomic E-state index is 8.84. The van der Waals surface area contributed by atoms with Gasteiger partial charge in [0.25, 0.3) is 0 Å². The van der Waals surface area contributed by atoms with Crippen molar-refractivity contribution in [3.05, 3.63) is 28.7 Å². The molecule has 0 aliphatic heterocycles. The number of rotatable bonds is 2. The van der Waals surface area contributed by atoms with Crippen molar-refractivity contribution in [3.8, 4) is 5.75 Å². The highest BCUT2D eigenvalue weighted by molar-refractivity contribution is 9.10. The molecule has 0 aliphatic carbocycles. The van der Waals surface area contributed by atoms with E-state index in [4.69, 9.17) is 9.84 Å². The van der Waals surface area contributed by atoms with Crippen LogP contribution in [0.5, 0.6) is 5.75 Å². The smallest absolute Gasteiger partial charge is 0.194 e. The third kappa shape index (κ3) is 2.91. The summed E-state index contributed by atoms with van der Waals surface area (Å²) < 4.78 is 6.00. The number of hydrogen-bond acceptors (Lipinski definition) is 2. The topological polar surface area (TPSA) is 29.5 Å². The Kier molecular flexibility index (Phi) is 2.91. The molecule has 1 unspecified atom stereocenters. The molecule has 0 radical (unpaired) electrons. The van der Waals surface area contributed by atoms with Gasteiger partial charge in [-0.3, -0.25) is 0 Å². The van der Waals surface area contributed by atoms with E-state index < -0.39 is 6.29 Å². The zero-order valence-corrected chi connectivity index (χ0v) is 7.71. The first kappa shape index (κ1) is 8.56. The van der Waals surface area contributed by atoms with Crippen molar-refractivity contribution in [3.63, 3.8) is 0 Å². The third-order valence-corrected chi connectivity index (χ3v) is 1.65. The summed E-state index contributed by atoms with van der Waals surface area (Å²) in [6.45, 7) is 1.57. The van der Waals surface area contributed by atoms with Crippen molar-refractivity contribution in [1.82, 2.24) is 0 Å². The van der Waals surface area contributed by atoms with Crippen LogP contribution in [0.3, 0.4) is 0 Å². The Bertz CT molecular complexity index is 218. The van der Waals surface area contributed by atoms with Crippen molar-refractivity contribution in [1.29, 1.82) is 0 Å². The van der Waals surface area contributed by atoms with Gasteiger partial charge < -0.3 is 9.84 Å². The second-order valence-corrected chi connectivity index (χ2v) is 3.09. The molecule has 0 saturated carbocycles. The van der Waals surface area contributed by atoms with Gasteiger partial charge in [0.2, 0.25) is 0 Å². The quantitative estimate of drug-likeness (QED) is 0.769. The molecule has 0 heterocycles. The van der Waals surface area contributed by atoms with Crippen LogP contribution in [-0.2, 0) is 0 Å². The first-order valence-corrected chi connectivity index (χ1v) is 4.08.